The summed E-state index contributed by atoms with van der Waals surface area (Å²) in [5.74, 6) is 0.907. The molecule has 0 spiro atoms. The molecule has 1 aromatic rings. The first-order valence-corrected chi connectivity index (χ1v) is 10.3. The topological polar surface area (TPSA) is 92.4 Å². The molecule has 3 N–H and O–H groups in total. The van der Waals surface area contributed by atoms with Gasteiger partial charge in [0, 0.05) is 37.5 Å². The van der Waals surface area contributed by atoms with Gasteiger partial charge in [0.25, 0.3) is 5.91 Å². The molecule has 0 aromatic heterocycles. The fraction of sp³-hybridized carbons (Fsp3) is 0.391. The number of rotatable bonds is 9. The standard InChI is InChI=1S/C23H33N5O3/c1-6-8-20(17-9-10-21(30-4)22(15-17)31-5)25-18(7-2)16-19(24)23(29)26-28-13-11-27(3)12-14-28/h6,8-10,15-16H,1,7,11-14,24H2,2-5H3,(H,26,29)/b19-16-,20-8-,25-18-. The lowest BCUT2D eigenvalue weighted by Gasteiger charge is -2.32. The molecule has 2 rings (SSSR count). The van der Waals surface area contributed by atoms with Crippen molar-refractivity contribution in [2.45, 2.75) is 13.3 Å². The summed E-state index contributed by atoms with van der Waals surface area (Å²) in [6.45, 7) is 9.05. The first-order chi connectivity index (χ1) is 14.9. The second-order valence-electron chi connectivity index (χ2n) is 7.14. The summed E-state index contributed by atoms with van der Waals surface area (Å²) >= 11 is 0. The number of methoxy groups -OCH3 is 2. The van der Waals surface area contributed by atoms with E-state index in [1.54, 1.807) is 32.4 Å². The first kappa shape index (κ1) is 24.2. The number of piperazine rings is 1. The van der Waals surface area contributed by atoms with Gasteiger partial charge in [0.2, 0.25) is 0 Å². The maximum absolute atomic E-state index is 12.5. The van der Waals surface area contributed by atoms with Gasteiger partial charge >= 0.3 is 0 Å². The number of hydrogen-bond acceptors (Lipinski definition) is 7. The molecule has 0 atom stereocenters. The normalized spacial score (nSPS) is 16.7. The third kappa shape index (κ3) is 6.97. The van der Waals surface area contributed by atoms with E-state index in [1.807, 2.05) is 30.1 Å². The molecule has 0 unspecified atom stereocenters. The lowest BCUT2D eigenvalue weighted by atomic mass is 10.1. The largest absolute Gasteiger partial charge is 0.493 e. The Morgan fingerprint density at radius 2 is 1.90 bits per heavy atom. The number of nitrogens with two attached hydrogens (primary N) is 1. The van der Waals surface area contributed by atoms with Crippen LogP contribution in [0.1, 0.15) is 18.9 Å². The molecule has 1 saturated heterocycles. The second kappa shape index (κ2) is 11.9. The predicted octanol–water partition coefficient (Wildman–Crippen LogP) is 2.20. The Labute approximate surface area is 184 Å². The summed E-state index contributed by atoms with van der Waals surface area (Å²) in [5.41, 5.74) is 11.2. The fourth-order valence-electron chi connectivity index (χ4n) is 3.04. The van der Waals surface area contributed by atoms with E-state index >= 15 is 0 Å². The van der Waals surface area contributed by atoms with Gasteiger partial charge in [-0.25, -0.2) is 5.01 Å². The first-order valence-electron chi connectivity index (χ1n) is 10.3. The van der Waals surface area contributed by atoms with Crippen LogP contribution in [0.15, 0.2) is 53.7 Å². The van der Waals surface area contributed by atoms with Gasteiger partial charge < -0.3 is 20.1 Å². The van der Waals surface area contributed by atoms with Crippen molar-refractivity contribution in [1.29, 1.82) is 0 Å². The van der Waals surface area contributed by atoms with Crippen LogP contribution in [-0.4, -0.2) is 69.0 Å². The maximum atomic E-state index is 12.5. The van der Waals surface area contributed by atoms with E-state index in [0.29, 0.717) is 29.3 Å². The molecule has 1 aliphatic heterocycles. The van der Waals surface area contributed by atoms with Crippen molar-refractivity contribution in [1.82, 2.24) is 15.3 Å². The van der Waals surface area contributed by atoms with Gasteiger partial charge in [-0.2, -0.15) is 0 Å². The molecule has 0 radical (unpaired) electrons. The number of allylic oxidation sites excluding steroid dienone is 3. The highest BCUT2D eigenvalue weighted by atomic mass is 16.5. The van der Waals surface area contributed by atoms with E-state index in [0.717, 1.165) is 31.7 Å². The number of aliphatic imine (C=N–C) groups is 1. The predicted molar refractivity (Wildman–Crippen MR) is 125 cm³/mol. The quantitative estimate of drug-likeness (QED) is 0.357. The zero-order valence-corrected chi connectivity index (χ0v) is 18.9. The molecular formula is C23H33N5O3. The van der Waals surface area contributed by atoms with Gasteiger partial charge in [0.05, 0.1) is 19.9 Å². The number of carbonyl (C=O) groups excluding carboxylic acids is 1. The van der Waals surface area contributed by atoms with Gasteiger partial charge in [-0.05, 0) is 43.8 Å². The van der Waals surface area contributed by atoms with Crippen molar-refractivity contribution in [2.24, 2.45) is 10.7 Å². The molecule has 0 bridgehead atoms. The van der Waals surface area contributed by atoms with Crippen LogP contribution in [0.5, 0.6) is 11.5 Å². The number of hydrazine groups is 1. The van der Waals surface area contributed by atoms with Crippen LogP contribution in [0.25, 0.3) is 5.70 Å². The van der Waals surface area contributed by atoms with Gasteiger partial charge in [-0.1, -0.05) is 19.6 Å². The molecule has 0 aliphatic carbocycles. The Bertz CT molecular complexity index is 868. The van der Waals surface area contributed by atoms with Crippen molar-refractivity contribution in [2.75, 3.05) is 47.4 Å². The molecule has 1 amide bonds. The molecule has 1 fully saturated rings. The van der Waals surface area contributed by atoms with Crippen LogP contribution < -0.4 is 20.6 Å². The van der Waals surface area contributed by atoms with Crippen molar-refractivity contribution in [3.8, 4) is 11.5 Å². The second-order valence-corrected chi connectivity index (χ2v) is 7.14. The third-order valence-electron chi connectivity index (χ3n) is 4.93. The van der Waals surface area contributed by atoms with Crippen LogP contribution in [0, 0.1) is 0 Å². The van der Waals surface area contributed by atoms with Gasteiger partial charge in [-0.15, -0.1) is 0 Å². The molecule has 168 valence electrons. The molecule has 8 nitrogen and oxygen atoms in total. The van der Waals surface area contributed by atoms with E-state index in [2.05, 4.69) is 24.0 Å². The molecule has 1 aliphatic rings. The fourth-order valence-corrected chi connectivity index (χ4v) is 3.04. The van der Waals surface area contributed by atoms with Gasteiger partial charge in [-0.3, -0.25) is 15.2 Å². The number of carbonyl (C=O) groups is 1. The van der Waals surface area contributed by atoms with Gasteiger partial charge in [0.1, 0.15) is 5.70 Å². The summed E-state index contributed by atoms with van der Waals surface area (Å²) in [6, 6.07) is 5.55. The zero-order valence-electron chi connectivity index (χ0n) is 18.9. The smallest absolute Gasteiger partial charge is 0.281 e. The number of nitrogens with zero attached hydrogens (tertiary/aromatic N) is 3. The van der Waals surface area contributed by atoms with Gasteiger partial charge in [0.15, 0.2) is 11.5 Å². The number of ether oxygens (including phenoxy) is 2. The van der Waals surface area contributed by atoms with Crippen LogP contribution in [0.3, 0.4) is 0 Å². The molecule has 8 heteroatoms. The van der Waals surface area contributed by atoms with Crippen molar-refractivity contribution in [3.05, 3.63) is 54.3 Å². The lowest BCUT2D eigenvalue weighted by Crippen LogP contribution is -2.53. The Morgan fingerprint density at radius 1 is 1.23 bits per heavy atom. The molecule has 31 heavy (non-hydrogen) atoms. The maximum Gasteiger partial charge on any atom is 0.281 e. The monoisotopic (exact) mass is 427 g/mol. The van der Waals surface area contributed by atoms with Crippen LogP contribution >= 0.6 is 0 Å². The van der Waals surface area contributed by atoms with E-state index in [-0.39, 0.29) is 11.6 Å². The summed E-state index contributed by atoms with van der Waals surface area (Å²) in [6.07, 6.45) is 5.68. The highest BCUT2D eigenvalue weighted by Crippen LogP contribution is 2.31. The Balaban J connectivity index is 2.22. The van der Waals surface area contributed by atoms with E-state index in [1.165, 1.54) is 0 Å². The van der Waals surface area contributed by atoms with Crippen LogP contribution in [-0.2, 0) is 4.79 Å². The highest BCUT2D eigenvalue weighted by Gasteiger charge is 2.17. The third-order valence-corrected chi connectivity index (χ3v) is 4.93. The van der Waals surface area contributed by atoms with Crippen molar-refractivity contribution >= 4 is 17.3 Å². The number of likely N-dealkylation sites (N-methyl/N-ethyl adjacent to an activating group) is 1. The van der Waals surface area contributed by atoms with E-state index < -0.39 is 0 Å². The van der Waals surface area contributed by atoms with Crippen molar-refractivity contribution < 1.29 is 14.3 Å². The summed E-state index contributed by atoms with van der Waals surface area (Å²) < 4.78 is 10.7. The van der Waals surface area contributed by atoms with E-state index in [9.17, 15) is 4.79 Å². The number of hydrogen-bond donors (Lipinski definition) is 2. The average molecular weight is 428 g/mol. The number of amides is 1. The highest BCUT2D eigenvalue weighted by molar-refractivity contribution is 6.05. The molecule has 0 saturated carbocycles. The number of nitrogens with one attached hydrogen (secondary N) is 1. The Morgan fingerprint density at radius 3 is 2.48 bits per heavy atom. The minimum Gasteiger partial charge on any atom is -0.493 e. The molecule has 1 heterocycles. The summed E-state index contributed by atoms with van der Waals surface area (Å²) in [4.78, 5) is 19.4. The Kier molecular flexibility index (Phi) is 9.30. The van der Waals surface area contributed by atoms with Crippen molar-refractivity contribution in [3.63, 3.8) is 0 Å². The SMILES string of the molecule is C=C\C=C(/N=C(\C=C(/N)C(=O)NN1CCN(C)CC1)CC)c1ccc(OC)c(OC)c1. The lowest BCUT2D eigenvalue weighted by molar-refractivity contribution is -0.123. The van der Waals surface area contributed by atoms with Crippen LogP contribution in [0.4, 0.5) is 0 Å². The minimum absolute atomic E-state index is 0.116. The number of benzene rings is 1. The zero-order chi connectivity index (χ0) is 22.8. The summed E-state index contributed by atoms with van der Waals surface area (Å²) in [5, 5.41) is 1.89. The minimum atomic E-state index is -0.328. The summed E-state index contributed by atoms with van der Waals surface area (Å²) in [7, 11) is 5.23. The Hall–Kier alpha value is -3.10. The molecular weight excluding hydrogens is 394 g/mol. The van der Waals surface area contributed by atoms with Crippen LogP contribution in [0.2, 0.25) is 0 Å². The molecule has 1 aromatic carbocycles. The average Bonchev–Trinajstić information content (AvgIpc) is 2.78. The van der Waals surface area contributed by atoms with E-state index in [4.69, 9.17) is 20.2 Å².